The number of carbonyl (C=O) groups is 2. The molecule has 3 rings (SSSR count). The Kier molecular flexibility index (Phi) is 3.12. The van der Waals surface area contributed by atoms with E-state index in [1.54, 1.807) is 18.5 Å². The summed E-state index contributed by atoms with van der Waals surface area (Å²) in [5.74, 6) is -1.72. The number of aromatic nitrogens is 1. The number of hydrogen-bond acceptors (Lipinski definition) is 4. The maximum absolute atomic E-state index is 12.1. The first-order chi connectivity index (χ1) is 10.1. The largest absolute Gasteiger partial charge is 0.478 e. The second-order valence-corrected chi connectivity index (χ2v) is 4.36. The molecule has 0 aliphatic carbocycles. The third-order valence-corrected chi connectivity index (χ3v) is 3.00. The summed E-state index contributed by atoms with van der Waals surface area (Å²) in [6.07, 6.45) is 4.34. The van der Waals surface area contributed by atoms with Crippen LogP contribution in [0.25, 0.3) is 10.8 Å². The zero-order chi connectivity index (χ0) is 14.8. The first kappa shape index (κ1) is 12.9. The summed E-state index contributed by atoms with van der Waals surface area (Å²) in [4.78, 5) is 26.9. The van der Waals surface area contributed by atoms with Crippen LogP contribution in [-0.2, 0) is 0 Å². The fourth-order valence-electron chi connectivity index (χ4n) is 1.97. The highest BCUT2D eigenvalue weighted by Gasteiger charge is 2.15. The molecule has 2 N–H and O–H groups in total. The molecular formula is C15H10N2O4. The van der Waals surface area contributed by atoms with E-state index < -0.39 is 11.9 Å². The molecule has 104 valence electrons. The van der Waals surface area contributed by atoms with E-state index in [0.29, 0.717) is 5.69 Å². The molecule has 0 saturated carbocycles. The number of amides is 1. The smallest absolute Gasteiger partial charge is 0.338 e. The van der Waals surface area contributed by atoms with Crippen molar-refractivity contribution >= 4 is 28.3 Å². The molecule has 6 heteroatoms. The highest BCUT2D eigenvalue weighted by atomic mass is 16.4. The van der Waals surface area contributed by atoms with E-state index in [2.05, 4.69) is 10.3 Å². The fourth-order valence-corrected chi connectivity index (χ4v) is 1.97. The third kappa shape index (κ3) is 2.46. The zero-order valence-corrected chi connectivity index (χ0v) is 10.7. The Hall–Kier alpha value is -3.15. The molecule has 6 nitrogen and oxygen atoms in total. The molecule has 0 fully saturated rings. The Morgan fingerprint density at radius 1 is 1.24 bits per heavy atom. The van der Waals surface area contributed by atoms with Gasteiger partial charge in [-0.15, -0.1) is 0 Å². The van der Waals surface area contributed by atoms with Crippen molar-refractivity contribution in [2.45, 2.75) is 0 Å². The lowest BCUT2D eigenvalue weighted by Gasteiger charge is -2.06. The molecule has 0 radical (unpaired) electrons. The van der Waals surface area contributed by atoms with Crippen LogP contribution in [0.2, 0.25) is 0 Å². The molecule has 2 heterocycles. The quantitative estimate of drug-likeness (QED) is 0.770. The summed E-state index contributed by atoms with van der Waals surface area (Å²) in [5.41, 5.74) is 0.513. The molecule has 3 aromatic rings. The number of nitrogens with one attached hydrogen (secondary N) is 1. The summed E-state index contributed by atoms with van der Waals surface area (Å²) in [6.45, 7) is 0. The second-order valence-electron chi connectivity index (χ2n) is 4.36. The molecule has 0 saturated heterocycles. The van der Waals surface area contributed by atoms with Gasteiger partial charge in [-0.05, 0) is 17.5 Å². The standard InChI is InChI=1S/C15H10N2O4/c18-14(13-6-10(8-21-13)15(19)20)17-12-3-1-2-9-4-5-16-7-11(9)12/h1-8H,(H,17,18)(H,19,20). The van der Waals surface area contributed by atoms with Crippen LogP contribution in [-0.4, -0.2) is 22.0 Å². The van der Waals surface area contributed by atoms with Crippen molar-refractivity contribution in [2.24, 2.45) is 0 Å². The number of carbonyl (C=O) groups excluding carboxylic acids is 1. The molecule has 0 unspecified atom stereocenters. The predicted molar refractivity (Wildman–Crippen MR) is 75.4 cm³/mol. The Morgan fingerprint density at radius 3 is 2.86 bits per heavy atom. The van der Waals surface area contributed by atoms with Gasteiger partial charge in [0.25, 0.3) is 5.91 Å². The second kappa shape index (κ2) is 5.09. The van der Waals surface area contributed by atoms with E-state index in [-0.39, 0.29) is 11.3 Å². The van der Waals surface area contributed by atoms with Crippen LogP contribution in [0.1, 0.15) is 20.9 Å². The summed E-state index contributed by atoms with van der Waals surface area (Å²) in [7, 11) is 0. The van der Waals surface area contributed by atoms with Crippen molar-refractivity contribution in [1.82, 2.24) is 4.98 Å². The number of hydrogen-bond donors (Lipinski definition) is 2. The van der Waals surface area contributed by atoms with E-state index in [1.165, 1.54) is 6.07 Å². The maximum atomic E-state index is 12.1. The number of carboxylic acid groups (broad SMARTS) is 1. The Balaban J connectivity index is 1.91. The minimum absolute atomic E-state index is 0.0618. The van der Waals surface area contributed by atoms with Crippen LogP contribution < -0.4 is 5.32 Å². The summed E-state index contributed by atoms with van der Waals surface area (Å²) in [5, 5.41) is 13.2. The van der Waals surface area contributed by atoms with Crippen LogP contribution in [0.4, 0.5) is 5.69 Å². The van der Waals surface area contributed by atoms with Crippen molar-refractivity contribution in [3.63, 3.8) is 0 Å². The lowest BCUT2D eigenvalue weighted by molar-refractivity contribution is 0.0696. The predicted octanol–water partition coefficient (Wildman–Crippen LogP) is 2.78. The third-order valence-electron chi connectivity index (χ3n) is 3.00. The number of benzene rings is 1. The number of aromatic carboxylic acids is 1. The number of pyridine rings is 1. The van der Waals surface area contributed by atoms with Crippen molar-refractivity contribution in [1.29, 1.82) is 0 Å². The van der Waals surface area contributed by atoms with Crippen molar-refractivity contribution in [3.8, 4) is 0 Å². The Morgan fingerprint density at radius 2 is 2.10 bits per heavy atom. The number of nitrogens with zero attached hydrogens (tertiary/aromatic N) is 1. The highest BCUT2D eigenvalue weighted by molar-refractivity contribution is 6.08. The minimum atomic E-state index is -1.15. The van der Waals surface area contributed by atoms with Crippen molar-refractivity contribution < 1.29 is 19.1 Å². The molecular weight excluding hydrogens is 272 g/mol. The highest BCUT2D eigenvalue weighted by Crippen LogP contribution is 2.22. The lowest BCUT2D eigenvalue weighted by Crippen LogP contribution is -2.11. The van der Waals surface area contributed by atoms with E-state index in [0.717, 1.165) is 17.0 Å². The first-order valence-corrected chi connectivity index (χ1v) is 6.11. The van der Waals surface area contributed by atoms with Crippen LogP contribution in [0.5, 0.6) is 0 Å². The van der Waals surface area contributed by atoms with Gasteiger partial charge in [0.2, 0.25) is 0 Å². The number of furan rings is 1. The van der Waals surface area contributed by atoms with Gasteiger partial charge in [-0.25, -0.2) is 4.79 Å². The van der Waals surface area contributed by atoms with Gasteiger partial charge in [-0.3, -0.25) is 9.78 Å². The van der Waals surface area contributed by atoms with Crippen molar-refractivity contribution in [2.75, 3.05) is 5.32 Å². The van der Waals surface area contributed by atoms with Gasteiger partial charge in [0, 0.05) is 23.8 Å². The normalized spacial score (nSPS) is 10.5. The number of fused-ring (bicyclic) bond motifs is 1. The van der Waals surface area contributed by atoms with E-state index in [4.69, 9.17) is 9.52 Å². The SMILES string of the molecule is O=C(O)c1coc(C(=O)Nc2cccc3ccncc23)c1. The van der Waals surface area contributed by atoms with Gasteiger partial charge in [0.05, 0.1) is 11.3 Å². The van der Waals surface area contributed by atoms with Crippen LogP contribution in [0, 0.1) is 0 Å². The summed E-state index contributed by atoms with van der Waals surface area (Å²) < 4.78 is 4.96. The molecule has 0 atom stereocenters. The van der Waals surface area contributed by atoms with Gasteiger partial charge in [0.1, 0.15) is 6.26 Å². The topological polar surface area (TPSA) is 92.4 Å². The minimum Gasteiger partial charge on any atom is -0.478 e. The van der Waals surface area contributed by atoms with E-state index in [9.17, 15) is 9.59 Å². The maximum Gasteiger partial charge on any atom is 0.338 e. The van der Waals surface area contributed by atoms with Gasteiger partial charge in [-0.2, -0.15) is 0 Å². The molecule has 2 aromatic heterocycles. The van der Waals surface area contributed by atoms with Crippen LogP contribution in [0.3, 0.4) is 0 Å². The fraction of sp³-hybridized carbons (Fsp3) is 0. The molecule has 1 amide bonds. The van der Waals surface area contributed by atoms with E-state index in [1.807, 2.05) is 18.2 Å². The monoisotopic (exact) mass is 282 g/mol. The molecule has 0 aliphatic heterocycles. The average Bonchev–Trinajstić information content (AvgIpc) is 2.98. The number of carboxylic acids is 1. The van der Waals surface area contributed by atoms with E-state index >= 15 is 0 Å². The van der Waals surface area contributed by atoms with Crippen molar-refractivity contribution in [3.05, 3.63) is 60.3 Å². The van der Waals surface area contributed by atoms with Gasteiger partial charge in [-0.1, -0.05) is 12.1 Å². The van der Waals surface area contributed by atoms with Gasteiger partial charge in [0.15, 0.2) is 5.76 Å². The molecule has 0 aliphatic rings. The summed E-state index contributed by atoms with van der Waals surface area (Å²) >= 11 is 0. The average molecular weight is 282 g/mol. The number of rotatable bonds is 3. The van der Waals surface area contributed by atoms with Gasteiger partial charge >= 0.3 is 5.97 Å². The van der Waals surface area contributed by atoms with Crippen LogP contribution in [0.15, 0.2) is 53.4 Å². The van der Waals surface area contributed by atoms with Gasteiger partial charge < -0.3 is 14.8 Å². The Bertz CT molecular complexity index is 833. The first-order valence-electron chi connectivity index (χ1n) is 6.11. The summed E-state index contributed by atoms with van der Waals surface area (Å²) in [6, 6.07) is 8.47. The lowest BCUT2D eigenvalue weighted by atomic mass is 10.1. The van der Waals surface area contributed by atoms with Crippen LogP contribution >= 0.6 is 0 Å². The molecule has 1 aromatic carbocycles. The molecule has 0 bridgehead atoms. The zero-order valence-electron chi connectivity index (χ0n) is 10.7. The number of anilines is 1. The molecule has 21 heavy (non-hydrogen) atoms. The molecule has 0 spiro atoms. The Labute approximate surface area is 119 Å².